The normalized spacial score (nSPS) is 16.9. The van der Waals surface area contributed by atoms with Crippen molar-refractivity contribution in [2.24, 2.45) is 0 Å². The molecule has 2 aromatic heterocycles. The van der Waals surface area contributed by atoms with E-state index in [0.29, 0.717) is 30.3 Å². The maximum absolute atomic E-state index is 11.9. The molecule has 2 aromatic rings. The Morgan fingerprint density at radius 1 is 1.32 bits per heavy atom. The molecule has 1 aliphatic rings. The number of rotatable bonds is 6. The van der Waals surface area contributed by atoms with Crippen molar-refractivity contribution < 1.29 is 14.7 Å². The van der Waals surface area contributed by atoms with Gasteiger partial charge in [-0.25, -0.2) is 14.8 Å². The third-order valence-electron chi connectivity index (χ3n) is 3.97. The van der Waals surface area contributed by atoms with E-state index in [1.807, 2.05) is 11.8 Å². The fraction of sp³-hybridized carbons (Fsp3) is 0.353. The van der Waals surface area contributed by atoms with Gasteiger partial charge in [0.2, 0.25) is 11.9 Å². The summed E-state index contributed by atoms with van der Waals surface area (Å²) in [7, 11) is 0. The number of carboxylic acids is 1. The molecule has 0 spiro atoms. The summed E-state index contributed by atoms with van der Waals surface area (Å²) in [5, 5.41) is 12.3. The lowest BCUT2D eigenvalue weighted by molar-refractivity contribution is -0.127. The molecule has 1 fully saturated rings. The van der Waals surface area contributed by atoms with Crippen LogP contribution in [0.5, 0.6) is 0 Å². The van der Waals surface area contributed by atoms with Gasteiger partial charge in [0, 0.05) is 31.9 Å². The minimum atomic E-state index is -1.02. The minimum absolute atomic E-state index is 0.0346. The molecular weight excluding hydrogens is 322 g/mol. The van der Waals surface area contributed by atoms with Crippen LogP contribution in [0.25, 0.3) is 11.4 Å². The molecule has 1 amide bonds. The van der Waals surface area contributed by atoms with Crippen LogP contribution in [0.15, 0.2) is 30.6 Å². The predicted octanol–water partition coefficient (Wildman–Crippen LogP) is 1.66. The molecule has 2 N–H and O–H groups in total. The molecule has 1 aliphatic heterocycles. The molecule has 3 rings (SSSR count). The zero-order chi connectivity index (χ0) is 17.8. The smallest absolute Gasteiger partial charge is 0.335 e. The molecule has 0 unspecified atom stereocenters. The van der Waals surface area contributed by atoms with Crippen LogP contribution < -0.4 is 5.32 Å². The van der Waals surface area contributed by atoms with Crippen LogP contribution in [0.4, 0.5) is 5.95 Å². The number of anilines is 1. The average molecular weight is 341 g/mol. The Balaban J connectivity index is 1.75. The number of hydrogen-bond acceptors (Lipinski definition) is 6. The zero-order valence-electron chi connectivity index (χ0n) is 13.8. The molecule has 0 aliphatic carbocycles. The number of nitrogens with zero attached hydrogens (tertiary/aromatic N) is 4. The highest BCUT2D eigenvalue weighted by Crippen LogP contribution is 2.19. The summed E-state index contributed by atoms with van der Waals surface area (Å²) >= 11 is 0. The molecule has 130 valence electrons. The van der Waals surface area contributed by atoms with Gasteiger partial charge in [-0.3, -0.25) is 9.78 Å². The highest BCUT2D eigenvalue weighted by atomic mass is 16.4. The van der Waals surface area contributed by atoms with Gasteiger partial charge >= 0.3 is 5.97 Å². The lowest BCUT2D eigenvalue weighted by Crippen LogP contribution is -2.28. The monoisotopic (exact) mass is 341 g/mol. The summed E-state index contributed by atoms with van der Waals surface area (Å²) < 4.78 is 0. The number of hydrogen-bond donors (Lipinski definition) is 2. The highest BCUT2D eigenvalue weighted by Gasteiger charge is 2.29. The Kier molecular flexibility index (Phi) is 4.87. The van der Waals surface area contributed by atoms with E-state index in [9.17, 15) is 9.59 Å². The first-order valence-electron chi connectivity index (χ1n) is 8.14. The molecule has 25 heavy (non-hydrogen) atoms. The highest BCUT2D eigenvalue weighted by molar-refractivity contribution is 5.88. The second-order valence-electron chi connectivity index (χ2n) is 5.89. The topological polar surface area (TPSA) is 108 Å². The van der Waals surface area contributed by atoms with Gasteiger partial charge in [-0.15, -0.1) is 0 Å². The number of carboxylic acid groups (broad SMARTS) is 1. The number of pyridine rings is 1. The Morgan fingerprint density at radius 3 is 2.88 bits per heavy atom. The van der Waals surface area contributed by atoms with Crippen LogP contribution in [0.3, 0.4) is 0 Å². The third kappa shape index (κ3) is 3.90. The Bertz CT molecular complexity index is 795. The number of likely N-dealkylation sites (tertiary alicyclic amines) is 1. The van der Waals surface area contributed by atoms with Crippen LogP contribution >= 0.6 is 0 Å². The van der Waals surface area contributed by atoms with Crippen LogP contribution in [-0.4, -0.2) is 56.0 Å². The number of carbonyl (C=O) groups is 2. The van der Waals surface area contributed by atoms with Crippen molar-refractivity contribution in [1.29, 1.82) is 0 Å². The van der Waals surface area contributed by atoms with Crippen molar-refractivity contribution in [3.8, 4) is 11.4 Å². The number of nitrogens with one attached hydrogen (secondary N) is 1. The second kappa shape index (κ2) is 7.25. The van der Waals surface area contributed by atoms with E-state index in [1.54, 1.807) is 12.3 Å². The van der Waals surface area contributed by atoms with Gasteiger partial charge in [-0.05, 0) is 24.6 Å². The van der Waals surface area contributed by atoms with Gasteiger partial charge in [0.25, 0.3) is 0 Å². The van der Waals surface area contributed by atoms with Gasteiger partial charge in [0.15, 0.2) is 0 Å². The molecular formula is C17H19N5O3. The van der Waals surface area contributed by atoms with Crippen molar-refractivity contribution >= 4 is 17.8 Å². The van der Waals surface area contributed by atoms with Crippen LogP contribution in [0, 0.1) is 0 Å². The van der Waals surface area contributed by atoms with Gasteiger partial charge in [0.1, 0.15) is 0 Å². The molecule has 0 aromatic carbocycles. The van der Waals surface area contributed by atoms with E-state index in [2.05, 4.69) is 20.3 Å². The number of carbonyl (C=O) groups excluding carboxylic acids is 1. The van der Waals surface area contributed by atoms with Crippen LogP contribution in [0.2, 0.25) is 0 Å². The Hall–Kier alpha value is -3.03. The van der Waals surface area contributed by atoms with Gasteiger partial charge < -0.3 is 15.3 Å². The summed E-state index contributed by atoms with van der Waals surface area (Å²) in [5.74, 6) is -0.487. The van der Waals surface area contributed by atoms with E-state index >= 15 is 0 Å². The Labute approximate surface area is 144 Å². The number of amides is 1. The quantitative estimate of drug-likeness (QED) is 0.822. The van der Waals surface area contributed by atoms with E-state index in [1.165, 1.54) is 18.3 Å². The van der Waals surface area contributed by atoms with Crippen LogP contribution in [0.1, 0.15) is 30.1 Å². The van der Waals surface area contributed by atoms with Crippen LogP contribution in [-0.2, 0) is 4.79 Å². The van der Waals surface area contributed by atoms with Crippen molar-refractivity contribution in [3.05, 3.63) is 36.2 Å². The lowest BCUT2D eigenvalue weighted by atomic mass is 10.2. The predicted molar refractivity (Wildman–Crippen MR) is 91.1 cm³/mol. The van der Waals surface area contributed by atoms with Crippen molar-refractivity contribution in [2.75, 3.05) is 18.4 Å². The number of aromatic carboxylic acids is 1. The first kappa shape index (κ1) is 16.8. The van der Waals surface area contributed by atoms with E-state index < -0.39 is 5.97 Å². The first-order chi connectivity index (χ1) is 12.1. The standard InChI is InChI=1S/C17H19N5O3/c1-2-7-22-10-12(9-15(22)23)20-17-19-6-4-13(21-17)14-8-11(16(24)25)3-5-18-14/h3-6,8,12H,2,7,9-10H2,1H3,(H,24,25)(H,19,20,21)/t12-/m1/s1. The summed E-state index contributed by atoms with van der Waals surface area (Å²) in [6.07, 6.45) is 4.36. The molecule has 0 saturated carbocycles. The van der Waals surface area contributed by atoms with Gasteiger partial charge in [0.05, 0.1) is 23.0 Å². The van der Waals surface area contributed by atoms with E-state index in [0.717, 1.165) is 13.0 Å². The third-order valence-corrected chi connectivity index (χ3v) is 3.97. The van der Waals surface area contributed by atoms with E-state index in [4.69, 9.17) is 5.11 Å². The molecule has 1 atom stereocenters. The SMILES string of the molecule is CCCN1C[C@H](Nc2nccc(-c3cc(C(=O)O)ccn3)n2)CC1=O. The van der Waals surface area contributed by atoms with E-state index in [-0.39, 0.29) is 17.5 Å². The molecule has 3 heterocycles. The van der Waals surface area contributed by atoms with Crippen molar-refractivity contribution in [1.82, 2.24) is 19.9 Å². The summed E-state index contributed by atoms with van der Waals surface area (Å²) in [4.78, 5) is 37.6. The summed E-state index contributed by atoms with van der Waals surface area (Å²) in [5.41, 5.74) is 1.13. The Morgan fingerprint density at radius 2 is 2.12 bits per heavy atom. The molecule has 1 saturated heterocycles. The fourth-order valence-corrected chi connectivity index (χ4v) is 2.81. The lowest BCUT2D eigenvalue weighted by Gasteiger charge is -2.16. The number of aromatic nitrogens is 3. The molecule has 8 heteroatoms. The largest absolute Gasteiger partial charge is 0.478 e. The average Bonchev–Trinajstić information content (AvgIpc) is 2.95. The summed E-state index contributed by atoms with van der Waals surface area (Å²) in [6, 6.07) is 4.53. The van der Waals surface area contributed by atoms with Crippen molar-refractivity contribution in [2.45, 2.75) is 25.8 Å². The molecule has 0 radical (unpaired) electrons. The summed E-state index contributed by atoms with van der Waals surface area (Å²) in [6.45, 7) is 3.43. The second-order valence-corrected chi connectivity index (χ2v) is 5.89. The first-order valence-corrected chi connectivity index (χ1v) is 8.14. The molecule has 8 nitrogen and oxygen atoms in total. The maximum atomic E-state index is 11.9. The van der Waals surface area contributed by atoms with Crippen molar-refractivity contribution in [3.63, 3.8) is 0 Å². The zero-order valence-corrected chi connectivity index (χ0v) is 13.8. The molecule has 0 bridgehead atoms. The maximum Gasteiger partial charge on any atom is 0.335 e. The fourth-order valence-electron chi connectivity index (χ4n) is 2.81. The van der Waals surface area contributed by atoms with Gasteiger partial charge in [-0.2, -0.15) is 0 Å². The minimum Gasteiger partial charge on any atom is -0.478 e. The van der Waals surface area contributed by atoms with Gasteiger partial charge in [-0.1, -0.05) is 6.92 Å².